The van der Waals surface area contributed by atoms with Crippen LogP contribution in [0.1, 0.15) is 5.56 Å². The standard InChI is InChI=1S/C11H9ClFNO2/c1-16-10-3-6-2-7(5-15)11(12)14-9(6)4-8(10)13/h2-4,15H,5H2,1H3. The molecule has 84 valence electrons. The van der Waals surface area contributed by atoms with Gasteiger partial charge in [0, 0.05) is 17.0 Å². The second kappa shape index (κ2) is 4.23. The van der Waals surface area contributed by atoms with Crippen molar-refractivity contribution in [3.63, 3.8) is 0 Å². The molecule has 0 saturated heterocycles. The zero-order valence-corrected chi connectivity index (χ0v) is 9.25. The van der Waals surface area contributed by atoms with E-state index >= 15 is 0 Å². The number of benzene rings is 1. The van der Waals surface area contributed by atoms with Crippen LogP contribution in [0.2, 0.25) is 5.15 Å². The summed E-state index contributed by atoms with van der Waals surface area (Å²) in [6, 6.07) is 4.43. The number of fused-ring (bicyclic) bond motifs is 1. The Kier molecular flexibility index (Phi) is 2.94. The largest absolute Gasteiger partial charge is 0.494 e. The SMILES string of the molecule is COc1cc2cc(CO)c(Cl)nc2cc1F. The van der Waals surface area contributed by atoms with E-state index < -0.39 is 5.82 Å². The van der Waals surface area contributed by atoms with E-state index in [2.05, 4.69) is 4.98 Å². The first-order chi connectivity index (χ1) is 7.65. The molecular weight excluding hydrogens is 233 g/mol. The second-order valence-corrected chi connectivity index (χ2v) is 3.63. The van der Waals surface area contributed by atoms with Gasteiger partial charge in [0.05, 0.1) is 19.2 Å². The summed E-state index contributed by atoms with van der Waals surface area (Å²) in [4.78, 5) is 3.99. The van der Waals surface area contributed by atoms with Crippen molar-refractivity contribution in [3.05, 3.63) is 34.7 Å². The van der Waals surface area contributed by atoms with Gasteiger partial charge in [-0.25, -0.2) is 9.37 Å². The maximum absolute atomic E-state index is 13.4. The van der Waals surface area contributed by atoms with Crippen molar-refractivity contribution in [3.8, 4) is 5.75 Å². The van der Waals surface area contributed by atoms with Gasteiger partial charge in [-0.3, -0.25) is 0 Å². The summed E-state index contributed by atoms with van der Waals surface area (Å²) in [6.45, 7) is -0.207. The zero-order chi connectivity index (χ0) is 11.7. The number of halogens is 2. The van der Waals surface area contributed by atoms with Gasteiger partial charge in [-0.2, -0.15) is 0 Å². The molecule has 0 radical (unpaired) electrons. The highest BCUT2D eigenvalue weighted by Crippen LogP contribution is 2.26. The first-order valence-corrected chi connectivity index (χ1v) is 4.97. The van der Waals surface area contributed by atoms with Crippen molar-refractivity contribution >= 4 is 22.5 Å². The Morgan fingerprint density at radius 3 is 2.81 bits per heavy atom. The van der Waals surface area contributed by atoms with Crippen molar-refractivity contribution < 1.29 is 14.2 Å². The number of aliphatic hydroxyl groups excluding tert-OH is 1. The van der Waals surface area contributed by atoms with Gasteiger partial charge in [0.15, 0.2) is 11.6 Å². The van der Waals surface area contributed by atoms with Gasteiger partial charge in [0.1, 0.15) is 5.15 Å². The van der Waals surface area contributed by atoms with Crippen LogP contribution in [0.3, 0.4) is 0 Å². The molecule has 16 heavy (non-hydrogen) atoms. The van der Waals surface area contributed by atoms with E-state index in [0.717, 1.165) is 0 Å². The third-order valence-electron chi connectivity index (χ3n) is 2.28. The van der Waals surface area contributed by atoms with Crippen molar-refractivity contribution in [2.45, 2.75) is 6.61 Å². The molecule has 1 heterocycles. The number of hydrogen-bond donors (Lipinski definition) is 1. The number of aromatic nitrogens is 1. The highest BCUT2D eigenvalue weighted by Gasteiger charge is 2.09. The van der Waals surface area contributed by atoms with Crippen LogP contribution in [0.4, 0.5) is 4.39 Å². The van der Waals surface area contributed by atoms with Crippen molar-refractivity contribution in [1.29, 1.82) is 0 Å². The normalized spacial score (nSPS) is 10.8. The average Bonchev–Trinajstić information content (AvgIpc) is 2.27. The lowest BCUT2D eigenvalue weighted by molar-refractivity contribution is 0.281. The molecule has 0 amide bonds. The molecule has 2 aromatic rings. The summed E-state index contributed by atoms with van der Waals surface area (Å²) in [5.41, 5.74) is 0.934. The molecular formula is C11H9ClFNO2. The van der Waals surface area contributed by atoms with Crippen molar-refractivity contribution in [2.24, 2.45) is 0 Å². The molecule has 0 aliphatic rings. The van der Waals surface area contributed by atoms with Gasteiger partial charge in [0.25, 0.3) is 0 Å². The minimum atomic E-state index is -0.490. The molecule has 0 atom stereocenters. The molecule has 1 N–H and O–H groups in total. The highest BCUT2D eigenvalue weighted by atomic mass is 35.5. The van der Waals surface area contributed by atoms with Crippen LogP contribution in [0.5, 0.6) is 5.75 Å². The Balaban J connectivity index is 2.71. The molecule has 0 bridgehead atoms. The van der Waals surface area contributed by atoms with Crippen LogP contribution < -0.4 is 4.74 Å². The number of aliphatic hydroxyl groups is 1. The minimum absolute atomic E-state index is 0.139. The predicted octanol–water partition coefficient (Wildman–Crippen LogP) is 2.53. The van der Waals surface area contributed by atoms with Gasteiger partial charge in [-0.15, -0.1) is 0 Å². The second-order valence-electron chi connectivity index (χ2n) is 3.28. The average molecular weight is 242 g/mol. The molecule has 0 fully saturated rings. The van der Waals surface area contributed by atoms with Crippen LogP contribution >= 0.6 is 11.6 Å². The molecule has 5 heteroatoms. The topological polar surface area (TPSA) is 42.4 Å². The van der Waals surface area contributed by atoms with E-state index in [9.17, 15) is 4.39 Å². The van der Waals surface area contributed by atoms with Gasteiger partial charge in [-0.05, 0) is 12.1 Å². The fraction of sp³-hybridized carbons (Fsp3) is 0.182. The lowest BCUT2D eigenvalue weighted by Crippen LogP contribution is -1.93. The number of pyridine rings is 1. The van der Waals surface area contributed by atoms with Gasteiger partial charge in [0.2, 0.25) is 0 Å². The monoisotopic (exact) mass is 241 g/mol. The lowest BCUT2D eigenvalue weighted by atomic mass is 10.1. The fourth-order valence-corrected chi connectivity index (χ4v) is 1.67. The van der Waals surface area contributed by atoms with Crippen LogP contribution in [-0.4, -0.2) is 17.2 Å². The molecule has 0 aliphatic carbocycles. The van der Waals surface area contributed by atoms with E-state index in [1.807, 2.05) is 0 Å². The number of nitrogens with zero attached hydrogens (tertiary/aromatic N) is 1. The quantitative estimate of drug-likeness (QED) is 0.822. The van der Waals surface area contributed by atoms with E-state index in [-0.39, 0.29) is 17.5 Å². The minimum Gasteiger partial charge on any atom is -0.494 e. The lowest BCUT2D eigenvalue weighted by Gasteiger charge is -2.06. The van der Waals surface area contributed by atoms with E-state index in [1.165, 1.54) is 19.2 Å². The van der Waals surface area contributed by atoms with Gasteiger partial charge >= 0.3 is 0 Å². The van der Waals surface area contributed by atoms with E-state index in [4.69, 9.17) is 21.4 Å². The third-order valence-corrected chi connectivity index (χ3v) is 2.61. The Labute approximate surface area is 96.4 Å². The summed E-state index contributed by atoms with van der Waals surface area (Å²) in [6.07, 6.45) is 0. The molecule has 0 saturated carbocycles. The van der Waals surface area contributed by atoms with Gasteiger partial charge < -0.3 is 9.84 Å². The summed E-state index contributed by atoms with van der Waals surface area (Å²) in [5, 5.41) is 9.88. The van der Waals surface area contributed by atoms with Gasteiger partial charge in [-0.1, -0.05) is 11.6 Å². The highest BCUT2D eigenvalue weighted by molar-refractivity contribution is 6.30. The Morgan fingerprint density at radius 1 is 1.44 bits per heavy atom. The number of rotatable bonds is 2. The Bertz CT molecular complexity index is 500. The molecule has 1 aromatic heterocycles. The molecule has 3 nitrogen and oxygen atoms in total. The molecule has 2 rings (SSSR count). The first kappa shape index (κ1) is 11.1. The van der Waals surface area contributed by atoms with Crippen LogP contribution in [-0.2, 0) is 6.61 Å². The first-order valence-electron chi connectivity index (χ1n) is 4.59. The summed E-state index contributed by atoms with van der Waals surface area (Å²) < 4.78 is 18.2. The molecule has 0 aliphatic heterocycles. The zero-order valence-electron chi connectivity index (χ0n) is 8.50. The Hall–Kier alpha value is -1.39. The maximum Gasteiger partial charge on any atom is 0.167 e. The number of ether oxygens (including phenoxy) is 1. The van der Waals surface area contributed by atoms with Crippen LogP contribution in [0.15, 0.2) is 18.2 Å². The van der Waals surface area contributed by atoms with E-state index in [0.29, 0.717) is 16.5 Å². The Morgan fingerprint density at radius 2 is 2.19 bits per heavy atom. The smallest absolute Gasteiger partial charge is 0.167 e. The van der Waals surface area contributed by atoms with E-state index in [1.54, 1.807) is 6.07 Å². The molecule has 1 aromatic carbocycles. The molecule has 0 unspecified atom stereocenters. The predicted molar refractivity (Wildman–Crippen MR) is 59.2 cm³/mol. The van der Waals surface area contributed by atoms with Crippen molar-refractivity contribution in [2.75, 3.05) is 7.11 Å². The number of methoxy groups -OCH3 is 1. The summed E-state index contributed by atoms with van der Waals surface area (Å²) in [5.74, 6) is -0.351. The van der Waals surface area contributed by atoms with Crippen molar-refractivity contribution in [1.82, 2.24) is 4.98 Å². The summed E-state index contributed by atoms with van der Waals surface area (Å²) in [7, 11) is 1.39. The third kappa shape index (κ3) is 1.81. The maximum atomic E-state index is 13.4. The fourth-order valence-electron chi connectivity index (χ4n) is 1.46. The summed E-state index contributed by atoms with van der Waals surface area (Å²) >= 11 is 5.80. The molecule has 0 spiro atoms. The van der Waals surface area contributed by atoms with Crippen LogP contribution in [0.25, 0.3) is 10.9 Å². The number of hydrogen-bond acceptors (Lipinski definition) is 3. The van der Waals surface area contributed by atoms with Crippen LogP contribution in [0, 0.1) is 5.82 Å².